The maximum Gasteiger partial charge on any atom is 0.469 e. The molecular weight excluding hydrogens is 675 g/mol. The highest BCUT2D eigenvalue weighted by Crippen LogP contribution is 2.36. The summed E-state index contributed by atoms with van der Waals surface area (Å²) in [5, 5.41) is 0. The van der Waals surface area contributed by atoms with Crippen LogP contribution in [0.4, 0.5) is 0 Å². The monoisotopic (exact) mass is 751 g/mol. The molecule has 8 nitrogen and oxygen atoms in total. The Kier molecular flexibility index (Phi) is 36.8. The van der Waals surface area contributed by atoms with Crippen LogP contribution in [0.3, 0.4) is 0 Å². The molecule has 0 rings (SSSR count). The van der Waals surface area contributed by atoms with E-state index in [2.05, 4.69) is 79.1 Å². The number of phosphoric acid groups is 1. The van der Waals surface area contributed by atoms with Gasteiger partial charge in [-0.3, -0.25) is 14.1 Å². The van der Waals surface area contributed by atoms with E-state index in [0.29, 0.717) is 12.8 Å². The first-order valence-electron chi connectivity index (χ1n) is 20.6. The molecule has 2 N–H and O–H groups in total. The SMILES string of the molecule is CCCCC/C=C/C/C=C/C/C=C/C/C=C/CCCCCC(=O)OC[C@H](COP(=O)(O)O)OC(=O)CCCC/C=C/CCCCCCCCCCC. The molecule has 0 aromatic rings. The molecule has 0 unspecified atom stereocenters. The summed E-state index contributed by atoms with van der Waals surface area (Å²) in [6.07, 6.45) is 48.0. The zero-order valence-corrected chi connectivity index (χ0v) is 33.8. The van der Waals surface area contributed by atoms with E-state index in [9.17, 15) is 14.2 Å². The largest absolute Gasteiger partial charge is 0.469 e. The van der Waals surface area contributed by atoms with Crippen molar-refractivity contribution in [1.29, 1.82) is 0 Å². The summed E-state index contributed by atoms with van der Waals surface area (Å²) >= 11 is 0. The van der Waals surface area contributed by atoms with E-state index in [0.717, 1.165) is 57.8 Å². The molecule has 0 amide bonds. The standard InChI is InChI=1S/C43H75O8P/c1-3-5-7-9-11-13-15-17-19-20-21-22-24-25-27-29-31-33-35-37-42(44)49-39-41(40-50-52(46,47)48)51-43(45)38-36-34-32-30-28-26-23-18-16-14-12-10-8-6-4-2/h11,13,17,19,21-22,25,27-28,30,41H,3-10,12,14-16,18,20,23-24,26,29,31-40H2,1-2H3,(H2,46,47,48)/b13-11+,19-17+,22-21+,27-25+,30-28+/t41-/m1/s1. The number of phosphoric ester groups is 1. The van der Waals surface area contributed by atoms with Gasteiger partial charge in [0.2, 0.25) is 0 Å². The van der Waals surface area contributed by atoms with Gasteiger partial charge in [-0.1, -0.05) is 145 Å². The van der Waals surface area contributed by atoms with Crippen molar-refractivity contribution < 1.29 is 37.9 Å². The number of unbranched alkanes of at least 4 members (excludes halogenated alkanes) is 17. The van der Waals surface area contributed by atoms with Crippen molar-refractivity contribution in [1.82, 2.24) is 0 Å². The maximum absolute atomic E-state index is 12.4. The van der Waals surface area contributed by atoms with Crippen molar-refractivity contribution in [2.45, 2.75) is 187 Å². The Hall–Kier alpha value is -2.25. The third-order valence-electron chi connectivity index (χ3n) is 8.51. The van der Waals surface area contributed by atoms with Crippen molar-refractivity contribution in [3.63, 3.8) is 0 Å². The minimum Gasteiger partial charge on any atom is -0.462 e. The zero-order valence-electron chi connectivity index (χ0n) is 32.9. The van der Waals surface area contributed by atoms with E-state index in [1.165, 1.54) is 83.5 Å². The van der Waals surface area contributed by atoms with Crippen LogP contribution >= 0.6 is 7.82 Å². The number of rotatable bonds is 37. The fourth-order valence-corrected chi connectivity index (χ4v) is 5.77. The van der Waals surface area contributed by atoms with Crippen LogP contribution < -0.4 is 0 Å². The normalized spacial score (nSPS) is 13.1. The van der Waals surface area contributed by atoms with Gasteiger partial charge in [-0.2, -0.15) is 0 Å². The Bertz CT molecular complexity index is 1030. The van der Waals surface area contributed by atoms with Gasteiger partial charge in [0.05, 0.1) is 6.61 Å². The minimum atomic E-state index is -4.77. The average Bonchev–Trinajstić information content (AvgIpc) is 3.11. The molecule has 0 spiro atoms. The molecule has 0 saturated heterocycles. The van der Waals surface area contributed by atoms with Crippen molar-refractivity contribution in [2.24, 2.45) is 0 Å². The molecule has 0 aliphatic carbocycles. The fourth-order valence-electron chi connectivity index (χ4n) is 5.41. The van der Waals surface area contributed by atoms with E-state index in [1.807, 2.05) is 0 Å². The molecule has 0 aliphatic rings. The second-order valence-corrected chi connectivity index (χ2v) is 14.8. The molecule has 0 aromatic carbocycles. The summed E-state index contributed by atoms with van der Waals surface area (Å²) in [7, 11) is -4.77. The summed E-state index contributed by atoms with van der Waals surface area (Å²) in [4.78, 5) is 42.8. The first-order chi connectivity index (χ1) is 25.3. The smallest absolute Gasteiger partial charge is 0.462 e. The van der Waals surface area contributed by atoms with Crippen LogP contribution in [0.5, 0.6) is 0 Å². The number of esters is 2. The van der Waals surface area contributed by atoms with Gasteiger partial charge in [-0.15, -0.1) is 0 Å². The molecule has 300 valence electrons. The molecule has 0 bridgehead atoms. The van der Waals surface area contributed by atoms with Gasteiger partial charge in [0.15, 0.2) is 6.10 Å². The first-order valence-corrected chi connectivity index (χ1v) is 22.1. The summed E-state index contributed by atoms with van der Waals surface area (Å²) in [6.45, 7) is 3.61. The maximum atomic E-state index is 12.4. The molecule has 0 radical (unpaired) electrons. The van der Waals surface area contributed by atoms with Gasteiger partial charge in [0.1, 0.15) is 6.61 Å². The molecule has 52 heavy (non-hydrogen) atoms. The Morgan fingerprint density at radius 3 is 1.38 bits per heavy atom. The van der Waals surface area contributed by atoms with Crippen molar-refractivity contribution >= 4 is 19.8 Å². The fraction of sp³-hybridized carbons (Fsp3) is 0.721. The number of carbonyl (C=O) groups is 2. The van der Waals surface area contributed by atoms with E-state index < -0.39 is 32.5 Å². The molecule has 1 atom stereocenters. The number of carbonyl (C=O) groups excluding carboxylic acids is 2. The van der Waals surface area contributed by atoms with Gasteiger partial charge in [0.25, 0.3) is 0 Å². The van der Waals surface area contributed by atoms with Gasteiger partial charge in [0, 0.05) is 12.8 Å². The second kappa shape index (κ2) is 38.5. The number of hydrogen-bond donors (Lipinski definition) is 2. The number of ether oxygens (including phenoxy) is 2. The molecule has 0 heterocycles. The van der Waals surface area contributed by atoms with Crippen LogP contribution in [0.1, 0.15) is 181 Å². The third-order valence-corrected chi connectivity index (χ3v) is 8.99. The molecule has 0 fully saturated rings. The quantitative estimate of drug-likeness (QED) is 0.0279. The highest BCUT2D eigenvalue weighted by Gasteiger charge is 2.22. The predicted molar refractivity (Wildman–Crippen MR) is 216 cm³/mol. The lowest BCUT2D eigenvalue weighted by Gasteiger charge is -2.18. The Labute approximate surface area is 317 Å². The summed E-state index contributed by atoms with van der Waals surface area (Å²) in [6, 6.07) is 0. The van der Waals surface area contributed by atoms with Crippen LogP contribution in [0.15, 0.2) is 60.8 Å². The summed E-state index contributed by atoms with van der Waals surface area (Å²) in [5.74, 6) is -0.949. The minimum absolute atomic E-state index is 0.173. The summed E-state index contributed by atoms with van der Waals surface area (Å²) < 4.78 is 26.3. The lowest BCUT2D eigenvalue weighted by Crippen LogP contribution is -2.29. The van der Waals surface area contributed by atoms with Crippen LogP contribution in [0.2, 0.25) is 0 Å². The van der Waals surface area contributed by atoms with E-state index in [4.69, 9.17) is 19.3 Å². The molecule has 0 saturated carbocycles. The highest BCUT2D eigenvalue weighted by atomic mass is 31.2. The molecular formula is C43H75O8P. The van der Waals surface area contributed by atoms with Crippen LogP contribution in [-0.4, -0.2) is 41.0 Å². The van der Waals surface area contributed by atoms with Crippen LogP contribution in [0.25, 0.3) is 0 Å². The highest BCUT2D eigenvalue weighted by molar-refractivity contribution is 7.46. The second-order valence-electron chi connectivity index (χ2n) is 13.6. The molecule has 0 aromatic heterocycles. The van der Waals surface area contributed by atoms with Crippen LogP contribution in [-0.2, 0) is 28.2 Å². The number of hydrogen-bond acceptors (Lipinski definition) is 6. The summed E-state index contributed by atoms with van der Waals surface area (Å²) in [5.41, 5.74) is 0. The number of allylic oxidation sites excluding steroid dienone is 10. The Morgan fingerprint density at radius 1 is 0.500 bits per heavy atom. The van der Waals surface area contributed by atoms with Gasteiger partial charge in [-0.25, -0.2) is 4.57 Å². The first kappa shape index (κ1) is 49.8. The van der Waals surface area contributed by atoms with Crippen molar-refractivity contribution in [3.05, 3.63) is 60.8 Å². The lowest BCUT2D eigenvalue weighted by molar-refractivity contribution is -0.161. The van der Waals surface area contributed by atoms with E-state index >= 15 is 0 Å². The Balaban J connectivity index is 4.03. The molecule has 0 aliphatic heterocycles. The van der Waals surface area contributed by atoms with Crippen LogP contribution in [0, 0.1) is 0 Å². The van der Waals surface area contributed by atoms with Gasteiger partial charge < -0.3 is 19.3 Å². The lowest BCUT2D eigenvalue weighted by atomic mass is 10.1. The van der Waals surface area contributed by atoms with Gasteiger partial charge in [-0.05, 0) is 83.5 Å². The zero-order chi connectivity index (χ0) is 38.2. The van der Waals surface area contributed by atoms with Crippen molar-refractivity contribution in [2.75, 3.05) is 13.2 Å². The third kappa shape index (κ3) is 40.5. The van der Waals surface area contributed by atoms with Gasteiger partial charge >= 0.3 is 19.8 Å². The van der Waals surface area contributed by atoms with E-state index in [1.54, 1.807) is 0 Å². The Morgan fingerprint density at radius 2 is 0.865 bits per heavy atom. The van der Waals surface area contributed by atoms with E-state index in [-0.39, 0.29) is 19.4 Å². The topological polar surface area (TPSA) is 119 Å². The predicted octanol–water partition coefficient (Wildman–Crippen LogP) is 12.5. The van der Waals surface area contributed by atoms with Crippen molar-refractivity contribution in [3.8, 4) is 0 Å². The molecule has 9 heteroatoms. The average molecular weight is 751 g/mol.